The van der Waals surface area contributed by atoms with Crippen LogP contribution in [0, 0.1) is 11.8 Å². The van der Waals surface area contributed by atoms with Gasteiger partial charge in [-0.2, -0.15) is 0 Å². The summed E-state index contributed by atoms with van der Waals surface area (Å²) in [6, 6.07) is 32.2. The lowest BCUT2D eigenvalue weighted by Gasteiger charge is -2.41. The van der Waals surface area contributed by atoms with Crippen LogP contribution in [0.4, 0.5) is 0 Å². The van der Waals surface area contributed by atoms with Gasteiger partial charge in [0.15, 0.2) is 0 Å². The third-order valence-corrected chi connectivity index (χ3v) is 12.6. The van der Waals surface area contributed by atoms with E-state index in [4.69, 9.17) is 0 Å². The van der Waals surface area contributed by atoms with Crippen molar-refractivity contribution < 1.29 is 0 Å². The first-order valence-electron chi connectivity index (χ1n) is 19.9. The highest BCUT2D eigenvalue weighted by Crippen LogP contribution is 2.46. The van der Waals surface area contributed by atoms with E-state index in [-0.39, 0.29) is 24.0 Å². The van der Waals surface area contributed by atoms with Crippen LogP contribution < -0.4 is 10.6 Å². The molecule has 0 fully saturated rings. The van der Waals surface area contributed by atoms with Crippen molar-refractivity contribution in [3.63, 3.8) is 0 Å². The Hall–Kier alpha value is -5.18. The van der Waals surface area contributed by atoms with E-state index < -0.39 is 0 Å². The van der Waals surface area contributed by atoms with Crippen LogP contribution >= 0.6 is 0 Å². The first kappa shape index (κ1) is 32.5. The molecule has 0 radical (unpaired) electrons. The van der Waals surface area contributed by atoms with Crippen LogP contribution in [0.3, 0.4) is 0 Å². The van der Waals surface area contributed by atoms with E-state index in [1.807, 2.05) is 0 Å². The molecule has 0 bridgehead atoms. The SMILES string of the molecule is CC1CCc2cc(C3=CC(C4=CC(C5=Cc6ccccc6C6CC=CC=C56)NC(C5=CCCC=C5)N4)C(c4ccc5ccccc5c4)C=C3)ccc2C1. The molecule has 0 saturated heterocycles. The van der Waals surface area contributed by atoms with Crippen molar-refractivity contribution in [1.82, 2.24) is 10.6 Å². The monoisotopic (exact) mass is 688 g/mol. The number of allylic oxidation sites excluding steroid dienone is 9. The number of benzene rings is 4. The number of hydrogen-bond donors (Lipinski definition) is 2. The van der Waals surface area contributed by atoms with Gasteiger partial charge < -0.3 is 5.32 Å². The zero-order valence-electron chi connectivity index (χ0n) is 30.6. The van der Waals surface area contributed by atoms with Crippen LogP contribution in [0.5, 0.6) is 0 Å². The molecule has 6 unspecified atom stereocenters. The van der Waals surface area contributed by atoms with Gasteiger partial charge in [-0.1, -0.05) is 147 Å². The van der Waals surface area contributed by atoms with Gasteiger partial charge in [-0.3, -0.25) is 5.32 Å². The third kappa shape index (κ3) is 6.13. The molecular weight excluding hydrogens is 641 g/mol. The third-order valence-electron chi connectivity index (χ3n) is 12.6. The van der Waals surface area contributed by atoms with Crippen LogP contribution in [-0.4, -0.2) is 12.2 Å². The molecule has 2 nitrogen and oxygen atoms in total. The van der Waals surface area contributed by atoms with E-state index in [1.54, 1.807) is 0 Å². The predicted molar refractivity (Wildman–Crippen MR) is 222 cm³/mol. The Bertz CT molecular complexity index is 2350. The van der Waals surface area contributed by atoms with Crippen molar-refractivity contribution in [3.8, 4) is 0 Å². The quantitative estimate of drug-likeness (QED) is 0.218. The molecule has 0 aromatic heterocycles. The minimum absolute atomic E-state index is 0.0125. The van der Waals surface area contributed by atoms with Crippen LogP contribution in [0.2, 0.25) is 0 Å². The Kier molecular flexibility index (Phi) is 8.37. The van der Waals surface area contributed by atoms with Gasteiger partial charge in [0.1, 0.15) is 6.17 Å². The zero-order valence-corrected chi connectivity index (χ0v) is 30.6. The fourth-order valence-electron chi connectivity index (χ4n) is 9.78. The average molecular weight is 689 g/mol. The first-order chi connectivity index (χ1) is 26.1. The summed E-state index contributed by atoms with van der Waals surface area (Å²) in [6.45, 7) is 2.39. The Morgan fingerprint density at radius 3 is 2.58 bits per heavy atom. The van der Waals surface area contributed by atoms with E-state index in [0.29, 0.717) is 5.92 Å². The molecule has 6 atom stereocenters. The standard InChI is InChI=1S/C51H48N2/c1-33-19-20-38-28-39(23-22-37(38)27-33)40-25-26-44(42-24-21-34-11-5-6-14-36(34)29-42)47(30-40)49-32-50(53-51(52-49)35-12-3-2-4-13-35)48-31-41-15-7-8-16-43(41)45-17-9-10-18-46(45)48/h3,5-16,18,21-26,28-33,44-45,47,50-53H,2,4,17,19-20,27H2,1H3. The van der Waals surface area contributed by atoms with E-state index in [0.717, 1.165) is 25.2 Å². The van der Waals surface area contributed by atoms with Crippen molar-refractivity contribution in [2.75, 3.05) is 0 Å². The zero-order chi connectivity index (χ0) is 35.3. The summed E-state index contributed by atoms with van der Waals surface area (Å²) in [7, 11) is 0. The van der Waals surface area contributed by atoms with Crippen molar-refractivity contribution in [2.45, 2.75) is 69.5 Å². The van der Waals surface area contributed by atoms with Crippen molar-refractivity contribution in [2.24, 2.45) is 11.8 Å². The van der Waals surface area contributed by atoms with Gasteiger partial charge in [-0.25, -0.2) is 0 Å². The highest BCUT2D eigenvalue weighted by Gasteiger charge is 2.36. The maximum Gasteiger partial charge on any atom is 0.103 e. The number of hydrogen-bond acceptors (Lipinski definition) is 2. The second-order valence-corrected chi connectivity index (χ2v) is 16.1. The van der Waals surface area contributed by atoms with Crippen LogP contribution in [-0.2, 0) is 12.8 Å². The Morgan fingerprint density at radius 2 is 1.66 bits per heavy atom. The molecule has 1 heterocycles. The average Bonchev–Trinajstić information content (AvgIpc) is 3.23. The minimum Gasteiger partial charge on any atom is -0.369 e. The molecule has 2 N–H and O–H groups in total. The smallest absolute Gasteiger partial charge is 0.103 e. The summed E-state index contributed by atoms with van der Waals surface area (Å²) in [4.78, 5) is 0. The fourth-order valence-corrected chi connectivity index (χ4v) is 9.78. The second kappa shape index (κ2) is 13.7. The maximum absolute atomic E-state index is 4.11. The molecule has 0 saturated carbocycles. The second-order valence-electron chi connectivity index (χ2n) is 16.1. The highest BCUT2D eigenvalue weighted by atomic mass is 15.2. The van der Waals surface area contributed by atoms with Crippen LogP contribution in [0.1, 0.15) is 77.8 Å². The maximum atomic E-state index is 4.11. The molecule has 5 aliphatic carbocycles. The Morgan fingerprint density at radius 1 is 0.755 bits per heavy atom. The van der Waals surface area contributed by atoms with E-state index >= 15 is 0 Å². The lowest BCUT2D eigenvalue weighted by Crippen LogP contribution is -2.53. The van der Waals surface area contributed by atoms with Gasteiger partial charge in [-0.15, -0.1) is 0 Å². The molecule has 4 aromatic carbocycles. The molecule has 0 amide bonds. The van der Waals surface area contributed by atoms with Crippen LogP contribution in [0.25, 0.3) is 22.4 Å². The van der Waals surface area contributed by atoms with Gasteiger partial charge in [0.2, 0.25) is 0 Å². The fraction of sp³-hybridized carbons (Fsp3) is 0.255. The molecule has 0 spiro atoms. The molecule has 10 rings (SSSR count). The summed E-state index contributed by atoms with van der Waals surface area (Å²) in [6.07, 6.45) is 33.4. The van der Waals surface area contributed by atoms with Crippen molar-refractivity contribution >= 4 is 22.4 Å². The van der Waals surface area contributed by atoms with E-state index in [1.165, 1.54) is 91.4 Å². The molecule has 1 aliphatic heterocycles. The number of aryl methyl sites for hydroxylation is 1. The summed E-state index contributed by atoms with van der Waals surface area (Å²) < 4.78 is 0. The predicted octanol–water partition coefficient (Wildman–Crippen LogP) is 11.4. The molecular formula is C51H48N2. The highest BCUT2D eigenvalue weighted by molar-refractivity contribution is 5.84. The minimum atomic E-state index is 0.0125. The summed E-state index contributed by atoms with van der Waals surface area (Å²) in [5.41, 5.74) is 15.4. The van der Waals surface area contributed by atoms with E-state index in [2.05, 4.69) is 169 Å². The molecule has 53 heavy (non-hydrogen) atoms. The normalized spacial score (nSPS) is 27.3. The molecule has 4 aromatic rings. The lowest BCUT2D eigenvalue weighted by molar-refractivity contribution is 0.436. The Balaban J connectivity index is 1.11. The topological polar surface area (TPSA) is 24.1 Å². The Labute approximate surface area is 314 Å². The number of nitrogens with one attached hydrogen (secondary N) is 2. The van der Waals surface area contributed by atoms with Gasteiger partial charge >= 0.3 is 0 Å². The van der Waals surface area contributed by atoms with Gasteiger partial charge in [0.05, 0.1) is 6.04 Å². The van der Waals surface area contributed by atoms with Crippen molar-refractivity contribution in [3.05, 3.63) is 201 Å². The summed E-state index contributed by atoms with van der Waals surface area (Å²) in [5, 5.41) is 10.8. The molecule has 6 aliphatic rings. The lowest BCUT2D eigenvalue weighted by atomic mass is 9.72. The van der Waals surface area contributed by atoms with Crippen LogP contribution in [0.15, 0.2) is 168 Å². The van der Waals surface area contributed by atoms with Gasteiger partial charge in [0, 0.05) is 23.5 Å². The summed E-state index contributed by atoms with van der Waals surface area (Å²) >= 11 is 0. The molecule has 262 valence electrons. The van der Waals surface area contributed by atoms with E-state index in [9.17, 15) is 0 Å². The summed E-state index contributed by atoms with van der Waals surface area (Å²) in [5.74, 6) is 1.49. The largest absolute Gasteiger partial charge is 0.369 e. The molecule has 2 heteroatoms. The van der Waals surface area contributed by atoms with Gasteiger partial charge in [-0.05, 0) is 123 Å². The van der Waals surface area contributed by atoms with Crippen molar-refractivity contribution in [1.29, 1.82) is 0 Å². The number of rotatable bonds is 5. The van der Waals surface area contributed by atoms with Gasteiger partial charge in [0.25, 0.3) is 0 Å². The number of fused-ring (bicyclic) bond motifs is 5. The first-order valence-corrected chi connectivity index (χ1v) is 19.9.